The van der Waals surface area contributed by atoms with Crippen molar-refractivity contribution in [2.75, 3.05) is 53.5 Å². The maximum atomic E-state index is 5.57. The molecular formula is C13H27N3O. The van der Waals surface area contributed by atoms with Gasteiger partial charge >= 0.3 is 0 Å². The van der Waals surface area contributed by atoms with Crippen LogP contribution in [0.3, 0.4) is 0 Å². The first-order valence-electron chi connectivity index (χ1n) is 6.95. The Labute approximate surface area is 105 Å². The second-order valence-electron chi connectivity index (χ2n) is 5.58. The highest BCUT2D eigenvalue weighted by Gasteiger charge is 2.33. The van der Waals surface area contributed by atoms with E-state index in [1.54, 1.807) is 0 Å². The summed E-state index contributed by atoms with van der Waals surface area (Å²) >= 11 is 0. The Morgan fingerprint density at radius 1 is 1.24 bits per heavy atom. The van der Waals surface area contributed by atoms with Gasteiger partial charge in [0.15, 0.2) is 0 Å². The molecule has 0 radical (unpaired) electrons. The predicted molar refractivity (Wildman–Crippen MR) is 70.4 cm³/mol. The van der Waals surface area contributed by atoms with E-state index in [9.17, 15) is 0 Å². The number of hydrogen-bond donors (Lipinski definition) is 1. The molecule has 17 heavy (non-hydrogen) atoms. The summed E-state index contributed by atoms with van der Waals surface area (Å²) in [7, 11) is 4.15. The Morgan fingerprint density at radius 3 is 2.76 bits per heavy atom. The van der Waals surface area contributed by atoms with Crippen molar-refractivity contribution in [3.05, 3.63) is 0 Å². The van der Waals surface area contributed by atoms with Gasteiger partial charge in [0.2, 0.25) is 0 Å². The van der Waals surface area contributed by atoms with Crippen LogP contribution in [-0.4, -0.2) is 75.4 Å². The molecule has 1 saturated heterocycles. The van der Waals surface area contributed by atoms with Crippen LogP contribution in [0.15, 0.2) is 0 Å². The molecule has 4 heteroatoms. The Hall–Kier alpha value is -0.160. The van der Waals surface area contributed by atoms with Crippen LogP contribution in [0.1, 0.15) is 19.3 Å². The molecule has 0 spiro atoms. The maximum absolute atomic E-state index is 5.57. The highest BCUT2D eigenvalue weighted by molar-refractivity contribution is 4.91. The Balaban J connectivity index is 1.43. The fourth-order valence-corrected chi connectivity index (χ4v) is 2.41. The first-order valence-corrected chi connectivity index (χ1v) is 6.95. The molecule has 1 aliphatic carbocycles. The van der Waals surface area contributed by atoms with E-state index >= 15 is 0 Å². The van der Waals surface area contributed by atoms with Gasteiger partial charge in [-0.3, -0.25) is 4.90 Å². The third kappa shape index (κ3) is 4.92. The third-order valence-corrected chi connectivity index (χ3v) is 3.65. The molecule has 1 unspecified atom stereocenters. The monoisotopic (exact) mass is 241 g/mol. The largest absolute Gasteiger partial charge is 0.379 e. The number of hydrogen-bond acceptors (Lipinski definition) is 4. The highest BCUT2D eigenvalue weighted by Crippen LogP contribution is 2.29. The Bertz CT molecular complexity index is 219. The second-order valence-corrected chi connectivity index (χ2v) is 5.58. The van der Waals surface area contributed by atoms with E-state index in [2.05, 4.69) is 29.2 Å². The number of nitrogens with zero attached hydrogens (tertiary/aromatic N) is 2. The number of rotatable bonds is 8. The molecule has 2 rings (SSSR count). The zero-order chi connectivity index (χ0) is 12.1. The van der Waals surface area contributed by atoms with Crippen LogP contribution >= 0.6 is 0 Å². The van der Waals surface area contributed by atoms with Crippen molar-refractivity contribution in [2.45, 2.75) is 31.3 Å². The lowest BCUT2D eigenvalue weighted by Gasteiger charge is -2.16. The number of likely N-dealkylation sites (tertiary alicyclic amines) is 1. The summed E-state index contributed by atoms with van der Waals surface area (Å²) in [6, 6.07) is 1.63. The van der Waals surface area contributed by atoms with Gasteiger partial charge in [-0.2, -0.15) is 0 Å². The zero-order valence-corrected chi connectivity index (χ0v) is 11.3. The van der Waals surface area contributed by atoms with Gasteiger partial charge in [0.1, 0.15) is 0 Å². The molecular weight excluding hydrogens is 214 g/mol. The predicted octanol–water partition coefficient (Wildman–Crippen LogP) is 0.391. The van der Waals surface area contributed by atoms with Crippen LogP contribution in [0.5, 0.6) is 0 Å². The van der Waals surface area contributed by atoms with Crippen molar-refractivity contribution >= 4 is 0 Å². The lowest BCUT2D eigenvalue weighted by atomic mass is 10.3. The summed E-state index contributed by atoms with van der Waals surface area (Å²) in [5, 5.41) is 3.60. The van der Waals surface area contributed by atoms with Crippen LogP contribution < -0.4 is 5.32 Å². The average molecular weight is 241 g/mol. The van der Waals surface area contributed by atoms with E-state index in [-0.39, 0.29) is 0 Å². The molecule has 0 aromatic carbocycles. The number of ether oxygens (including phenoxy) is 1. The molecule has 2 aliphatic rings. The van der Waals surface area contributed by atoms with Crippen molar-refractivity contribution in [2.24, 2.45) is 0 Å². The minimum atomic E-state index is 0.702. The molecule has 1 atom stereocenters. The van der Waals surface area contributed by atoms with Gasteiger partial charge in [-0.25, -0.2) is 0 Å². The first kappa shape index (κ1) is 13.3. The van der Waals surface area contributed by atoms with E-state index in [0.717, 1.165) is 32.3 Å². The topological polar surface area (TPSA) is 27.7 Å². The standard InChI is InChI=1S/C13H27N3O/c1-15(2)8-10-17-9-6-14-12-5-7-16(11-12)13-3-4-13/h12-14H,3-11H2,1-2H3. The van der Waals surface area contributed by atoms with E-state index < -0.39 is 0 Å². The molecule has 0 amide bonds. The van der Waals surface area contributed by atoms with Gasteiger partial charge in [0.05, 0.1) is 13.2 Å². The molecule has 0 aromatic heterocycles. The summed E-state index contributed by atoms with van der Waals surface area (Å²) in [6.45, 7) is 6.24. The summed E-state index contributed by atoms with van der Waals surface area (Å²) < 4.78 is 5.57. The lowest BCUT2D eigenvalue weighted by Crippen LogP contribution is -2.35. The van der Waals surface area contributed by atoms with Crippen molar-refractivity contribution in [3.63, 3.8) is 0 Å². The minimum Gasteiger partial charge on any atom is -0.379 e. The quantitative estimate of drug-likeness (QED) is 0.622. The molecule has 1 heterocycles. The van der Waals surface area contributed by atoms with E-state index in [0.29, 0.717) is 6.04 Å². The van der Waals surface area contributed by atoms with Gasteiger partial charge in [-0.1, -0.05) is 0 Å². The Morgan fingerprint density at radius 2 is 2.06 bits per heavy atom. The van der Waals surface area contributed by atoms with Crippen LogP contribution in [0.4, 0.5) is 0 Å². The molecule has 1 N–H and O–H groups in total. The Kier molecular flexibility index (Phi) is 5.22. The SMILES string of the molecule is CN(C)CCOCCNC1CCN(C2CC2)C1. The summed E-state index contributed by atoms with van der Waals surface area (Å²) in [5.41, 5.74) is 0. The molecule has 2 fully saturated rings. The van der Waals surface area contributed by atoms with Crippen LogP contribution in [0.2, 0.25) is 0 Å². The fourth-order valence-electron chi connectivity index (χ4n) is 2.41. The van der Waals surface area contributed by atoms with E-state index in [1.165, 1.54) is 32.4 Å². The van der Waals surface area contributed by atoms with Crippen LogP contribution in [0.25, 0.3) is 0 Å². The third-order valence-electron chi connectivity index (χ3n) is 3.65. The van der Waals surface area contributed by atoms with Gasteiger partial charge in [0.25, 0.3) is 0 Å². The maximum Gasteiger partial charge on any atom is 0.0593 e. The van der Waals surface area contributed by atoms with E-state index in [1.807, 2.05) is 0 Å². The smallest absolute Gasteiger partial charge is 0.0593 e. The highest BCUT2D eigenvalue weighted by atomic mass is 16.5. The van der Waals surface area contributed by atoms with Crippen molar-refractivity contribution in [1.82, 2.24) is 15.1 Å². The minimum absolute atomic E-state index is 0.702. The fraction of sp³-hybridized carbons (Fsp3) is 1.00. The number of likely N-dealkylation sites (N-methyl/N-ethyl adjacent to an activating group) is 1. The normalized spacial score (nSPS) is 25.9. The molecule has 100 valence electrons. The summed E-state index contributed by atoms with van der Waals surface area (Å²) in [4.78, 5) is 4.79. The van der Waals surface area contributed by atoms with E-state index in [4.69, 9.17) is 4.74 Å². The second kappa shape index (κ2) is 6.69. The van der Waals surface area contributed by atoms with Gasteiger partial charge in [-0.15, -0.1) is 0 Å². The molecule has 0 bridgehead atoms. The average Bonchev–Trinajstić information content (AvgIpc) is 3.04. The van der Waals surface area contributed by atoms with Crippen LogP contribution in [-0.2, 0) is 4.74 Å². The molecule has 4 nitrogen and oxygen atoms in total. The molecule has 0 aromatic rings. The molecule has 1 aliphatic heterocycles. The van der Waals surface area contributed by atoms with Crippen molar-refractivity contribution in [3.8, 4) is 0 Å². The summed E-state index contributed by atoms with van der Waals surface area (Å²) in [5.74, 6) is 0. The molecule has 1 saturated carbocycles. The van der Waals surface area contributed by atoms with Crippen molar-refractivity contribution < 1.29 is 4.74 Å². The van der Waals surface area contributed by atoms with Gasteiger partial charge < -0.3 is 15.0 Å². The van der Waals surface area contributed by atoms with Gasteiger partial charge in [0, 0.05) is 38.3 Å². The lowest BCUT2D eigenvalue weighted by molar-refractivity contribution is 0.117. The van der Waals surface area contributed by atoms with Gasteiger partial charge in [-0.05, 0) is 33.4 Å². The number of nitrogens with one attached hydrogen (secondary N) is 1. The van der Waals surface area contributed by atoms with Crippen LogP contribution in [0, 0.1) is 0 Å². The summed E-state index contributed by atoms with van der Waals surface area (Å²) in [6.07, 6.45) is 4.18. The van der Waals surface area contributed by atoms with Crippen molar-refractivity contribution in [1.29, 1.82) is 0 Å². The first-order chi connectivity index (χ1) is 8.25. The zero-order valence-electron chi connectivity index (χ0n) is 11.3.